The summed E-state index contributed by atoms with van der Waals surface area (Å²) < 4.78 is 0. The van der Waals surface area contributed by atoms with Gasteiger partial charge in [-0.2, -0.15) is 0 Å². The van der Waals surface area contributed by atoms with Crippen molar-refractivity contribution in [2.24, 2.45) is 5.92 Å². The number of hydrogen-bond donors (Lipinski definition) is 1. The lowest BCUT2D eigenvalue weighted by Crippen LogP contribution is -2.00. The summed E-state index contributed by atoms with van der Waals surface area (Å²) in [6.45, 7) is 5.97. The molecule has 0 spiro atoms. The maximum absolute atomic E-state index is 7.23. The number of nitrogens with one attached hydrogen (secondary N) is 1. The molecule has 0 amide bonds. The molecule has 0 aromatic carbocycles. The van der Waals surface area contributed by atoms with Gasteiger partial charge in [-0.15, -0.1) is 0 Å². The molecular formula is C8H15N. The van der Waals surface area contributed by atoms with Crippen molar-refractivity contribution in [1.82, 2.24) is 0 Å². The molecule has 0 aliphatic carbocycles. The molecule has 52 valence electrons. The van der Waals surface area contributed by atoms with Gasteiger partial charge in [-0.3, -0.25) is 0 Å². The van der Waals surface area contributed by atoms with Crippen LogP contribution >= 0.6 is 0 Å². The van der Waals surface area contributed by atoms with Crippen LogP contribution < -0.4 is 0 Å². The van der Waals surface area contributed by atoms with E-state index in [1.165, 1.54) is 0 Å². The van der Waals surface area contributed by atoms with Crippen LogP contribution in [0.25, 0.3) is 0 Å². The van der Waals surface area contributed by atoms with Crippen LogP contribution in [0.2, 0.25) is 0 Å². The lowest BCUT2D eigenvalue weighted by atomic mass is 10.1. The molecule has 0 fully saturated rings. The Balaban J connectivity index is 3.62. The molecule has 0 saturated carbocycles. The summed E-state index contributed by atoms with van der Waals surface area (Å²) in [6.07, 6.45) is 5.24. The van der Waals surface area contributed by atoms with E-state index in [1.807, 2.05) is 13.8 Å². The molecule has 1 nitrogen and oxygen atoms in total. The maximum atomic E-state index is 7.23. The summed E-state index contributed by atoms with van der Waals surface area (Å²) in [5.41, 5.74) is 0.736. The summed E-state index contributed by atoms with van der Waals surface area (Å²) in [4.78, 5) is 0. The van der Waals surface area contributed by atoms with Gasteiger partial charge in [0.15, 0.2) is 0 Å². The van der Waals surface area contributed by atoms with Crippen molar-refractivity contribution in [3.05, 3.63) is 12.2 Å². The summed E-state index contributed by atoms with van der Waals surface area (Å²) in [6, 6.07) is 0. The first-order valence-corrected chi connectivity index (χ1v) is 3.40. The van der Waals surface area contributed by atoms with E-state index in [0.717, 1.165) is 12.1 Å². The predicted molar refractivity (Wildman–Crippen MR) is 42.0 cm³/mol. The standard InChI is InChI=1S/C8H15N/c1-4-5-6-7(2)8(3)9/h5-7,9H,4H2,1-3H3/b6-5-,9-8?. The fraction of sp³-hybridized carbons (Fsp3) is 0.625. The zero-order chi connectivity index (χ0) is 7.28. The Morgan fingerprint density at radius 1 is 1.67 bits per heavy atom. The van der Waals surface area contributed by atoms with Crippen LogP contribution in [-0.2, 0) is 0 Å². The van der Waals surface area contributed by atoms with Crippen molar-refractivity contribution >= 4 is 5.71 Å². The summed E-state index contributed by atoms with van der Waals surface area (Å²) in [5.74, 6) is 0.324. The van der Waals surface area contributed by atoms with Crippen molar-refractivity contribution in [2.75, 3.05) is 0 Å². The molecular weight excluding hydrogens is 110 g/mol. The van der Waals surface area contributed by atoms with E-state index in [2.05, 4.69) is 19.1 Å². The Morgan fingerprint density at radius 2 is 2.22 bits per heavy atom. The molecule has 1 N–H and O–H groups in total. The minimum absolute atomic E-state index is 0.324. The zero-order valence-corrected chi connectivity index (χ0v) is 6.44. The van der Waals surface area contributed by atoms with Gasteiger partial charge in [-0.1, -0.05) is 26.0 Å². The lowest BCUT2D eigenvalue weighted by molar-refractivity contribution is 0.966. The summed E-state index contributed by atoms with van der Waals surface area (Å²) >= 11 is 0. The van der Waals surface area contributed by atoms with Crippen LogP contribution in [0.4, 0.5) is 0 Å². The molecule has 1 atom stereocenters. The molecule has 1 heteroatoms. The highest BCUT2D eigenvalue weighted by Crippen LogP contribution is 1.98. The molecule has 0 heterocycles. The molecule has 0 aliphatic heterocycles. The van der Waals surface area contributed by atoms with Gasteiger partial charge < -0.3 is 5.41 Å². The molecule has 0 aromatic heterocycles. The molecule has 0 aliphatic rings. The highest BCUT2D eigenvalue weighted by Gasteiger charge is 1.95. The third-order valence-corrected chi connectivity index (χ3v) is 1.34. The highest BCUT2D eigenvalue weighted by atomic mass is 14.4. The van der Waals surface area contributed by atoms with Crippen molar-refractivity contribution in [1.29, 1.82) is 5.41 Å². The minimum atomic E-state index is 0.324. The first kappa shape index (κ1) is 8.41. The normalized spacial score (nSPS) is 14.1. The van der Waals surface area contributed by atoms with Gasteiger partial charge in [0.1, 0.15) is 0 Å². The summed E-state index contributed by atoms with van der Waals surface area (Å²) in [5, 5.41) is 7.23. The molecule has 9 heavy (non-hydrogen) atoms. The van der Waals surface area contributed by atoms with Crippen molar-refractivity contribution < 1.29 is 0 Å². The van der Waals surface area contributed by atoms with Crippen LogP contribution in [0.15, 0.2) is 12.2 Å². The fourth-order valence-corrected chi connectivity index (χ4v) is 0.485. The average Bonchev–Trinajstić information content (AvgIpc) is 1.82. The minimum Gasteiger partial charge on any atom is -0.309 e. The van der Waals surface area contributed by atoms with E-state index < -0.39 is 0 Å². The third-order valence-electron chi connectivity index (χ3n) is 1.34. The van der Waals surface area contributed by atoms with Crippen molar-refractivity contribution in [3.63, 3.8) is 0 Å². The quantitative estimate of drug-likeness (QED) is 0.443. The first-order valence-electron chi connectivity index (χ1n) is 3.40. The van der Waals surface area contributed by atoms with E-state index in [0.29, 0.717) is 5.92 Å². The Hall–Kier alpha value is -0.590. The first-order chi connectivity index (χ1) is 4.18. The van der Waals surface area contributed by atoms with Crippen LogP contribution in [-0.4, -0.2) is 5.71 Å². The Bertz CT molecular complexity index is 114. The van der Waals surface area contributed by atoms with Crippen LogP contribution in [0.5, 0.6) is 0 Å². The molecule has 0 bridgehead atoms. The van der Waals surface area contributed by atoms with Gasteiger partial charge >= 0.3 is 0 Å². The van der Waals surface area contributed by atoms with Gasteiger partial charge in [-0.05, 0) is 13.3 Å². The second-order valence-electron chi connectivity index (χ2n) is 2.31. The SMILES string of the molecule is CC/C=C\C(C)C(C)=N. The van der Waals surface area contributed by atoms with Crippen LogP contribution in [0, 0.1) is 11.3 Å². The molecule has 1 unspecified atom stereocenters. The van der Waals surface area contributed by atoms with Gasteiger partial charge in [0.25, 0.3) is 0 Å². The maximum Gasteiger partial charge on any atom is 0.0124 e. The molecule has 0 radical (unpaired) electrons. The third kappa shape index (κ3) is 3.95. The highest BCUT2D eigenvalue weighted by molar-refractivity contribution is 5.82. The second-order valence-corrected chi connectivity index (χ2v) is 2.31. The van der Waals surface area contributed by atoms with E-state index in [9.17, 15) is 0 Å². The van der Waals surface area contributed by atoms with Gasteiger partial charge in [0, 0.05) is 11.6 Å². The smallest absolute Gasteiger partial charge is 0.0124 e. The van der Waals surface area contributed by atoms with E-state index in [1.54, 1.807) is 0 Å². The largest absolute Gasteiger partial charge is 0.309 e. The Kier molecular flexibility index (Phi) is 4.02. The Labute approximate surface area is 57.3 Å². The molecule has 0 rings (SSSR count). The fourth-order valence-electron chi connectivity index (χ4n) is 0.485. The second kappa shape index (κ2) is 4.30. The zero-order valence-electron chi connectivity index (χ0n) is 6.44. The number of rotatable bonds is 3. The van der Waals surface area contributed by atoms with Crippen molar-refractivity contribution in [2.45, 2.75) is 27.2 Å². The van der Waals surface area contributed by atoms with E-state index >= 15 is 0 Å². The monoisotopic (exact) mass is 125 g/mol. The van der Waals surface area contributed by atoms with Crippen LogP contribution in [0.1, 0.15) is 27.2 Å². The number of allylic oxidation sites excluding steroid dienone is 2. The number of hydrogen-bond acceptors (Lipinski definition) is 1. The van der Waals surface area contributed by atoms with Gasteiger partial charge in [-0.25, -0.2) is 0 Å². The topological polar surface area (TPSA) is 23.9 Å². The van der Waals surface area contributed by atoms with Gasteiger partial charge in [0.05, 0.1) is 0 Å². The molecule has 0 aromatic rings. The average molecular weight is 125 g/mol. The van der Waals surface area contributed by atoms with Crippen molar-refractivity contribution in [3.8, 4) is 0 Å². The predicted octanol–water partition coefficient (Wildman–Crippen LogP) is 2.63. The van der Waals surface area contributed by atoms with Crippen LogP contribution in [0.3, 0.4) is 0 Å². The Morgan fingerprint density at radius 3 is 2.56 bits per heavy atom. The molecule has 0 saturated heterocycles. The van der Waals surface area contributed by atoms with Gasteiger partial charge in [0.2, 0.25) is 0 Å². The summed E-state index contributed by atoms with van der Waals surface area (Å²) in [7, 11) is 0. The lowest BCUT2D eigenvalue weighted by Gasteiger charge is -2.00. The van der Waals surface area contributed by atoms with E-state index in [4.69, 9.17) is 5.41 Å². The van der Waals surface area contributed by atoms with E-state index in [-0.39, 0.29) is 0 Å².